The summed E-state index contributed by atoms with van der Waals surface area (Å²) < 4.78 is 36.0. The molecule has 0 aliphatic carbocycles. The Morgan fingerprint density at radius 2 is 1.57 bits per heavy atom. The number of anilines is 3. The zero-order chi connectivity index (χ0) is 30.8. The third kappa shape index (κ3) is 5.93. The molecule has 1 N–H and O–H groups in total. The summed E-state index contributed by atoms with van der Waals surface area (Å²) in [6.07, 6.45) is -0.533. The van der Waals surface area contributed by atoms with E-state index in [1.807, 2.05) is 97.9 Å². The number of sulfonamides is 1. The molecule has 0 radical (unpaired) electrons. The van der Waals surface area contributed by atoms with Gasteiger partial charge >= 0.3 is 0 Å². The van der Waals surface area contributed by atoms with Crippen molar-refractivity contribution in [3.05, 3.63) is 148 Å². The second kappa shape index (κ2) is 12.2. The molecule has 5 aromatic carbocycles. The van der Waals surface area contributed by atoms with Crippen LogP contribution in [0.15, 0.2) is 131 Å². The number of benzene rings is 5. The minimum Gasteiger partial charge on any atom is -0.497 e. The zero-order valence-electron chi connectivity index (χ0n) is 24.1. The van der Waals surface area contributed by atoms with E-state index in [2.05, 4.69) is 25.6 Å². The van der Waals surface area contributed by atoms with Crippen molar-refractivity contribution in [1.29, 1.82) is 0 Å². The molecular weight excluding hydrogens is 638 g/mol. The molecule has 1 amide bonds. The first kappa shape index (κ1) is 29.5. The number of fused-ring (bicyclic) bond motifs is 1. The maximum Gasteiger partial charge on any atom is 0.262 e. The van der Waals surface area contributed by atoms with Crippen LogP contribution in [0.4, 0.5) is 17.1 Å². The predicted molar refractivity (Wildman–Crippen MR) is 178 cm³/mol. The Morgan fingerprint density at radius 3 is 2.25 bits per heavy atom. The molecule has 1 aliphatic heterocycles. The van der Waals surface area contributed by atoms with Crippen LogP contribution in [-0.4, -0.2) is 21.4 Å². The largest absolute Gasteiger partial charge is 0.497 e. The predicted octanol–water partition coefficient (Wildman–Crippen LogP) is 7.93. The molecule has 0 saturated heterocycles. The van der Waals surface area contributed by atoms with Gasteiger partial charge in [-0.2, -0.15) is 0 Å². The Bertz CT molecular complexity index is 1910. The van der Waals surface area contributed by atoms with Gasteiger partial charge < -0.3 is 9.64 Å². The zero-order valence-corrected chi connectivity index (χ0v) is 26.5. The van der Waals surface area contributed by atoms with E-state index < -0.39 is 16.2 Å². The summed E-state index contributed by atoms with van der Waals surface area (Å²) >= 11 is 3.61. The van der Waals surface area contributed by atoms with E-state index in [-0.39, 0.29) is 16.4 Å². The van der Waals surface area contributed by atoms with E-state index >= 15 is 0 Å². The highest BCUT2D eigenvalue weighted by atomic mass is 79.9. The monoisotopic (exact) mass is 667 g/mol. The molecule has 5 aromatic rings. The van der Waals surface area contributed by atoms with E-state index in [4.69, 9.17) is 4.74 Å². The number of rotatable bonds is 8. The van der Waals surface area contributed by atoms with Gasteiger partial charge in [-0.1, -0.05) is 76.1 Å². The molecule has 7 nitrogen and oxygen atoms in total. The summed E-state index contributed by atoms with van der Waals surface area (Å²) in [5.41, 5.74) is 4.97. The van der Waals surface area contributed by atoms with Gasteiger partial charge in [0.25, 0.3) is 15.9 Å². The van der Waals surface area contributed by atoms with Crippen molar-refractivity contribution in [3.63, 3.8) is 0 Å². The van der Waals surface area contributed by atoms with Crippen molar-refractivity contribution in [2.75, 3.05) is 21.6 Å². The van der Waals surface area contributed by atoms with Crippen LogP contribution in [-0.2, 0) is 16.6 Å². The summed E-state index contributed by atoms with van der Waals surface area (Å²) in [5, 5.41) is 0. The van der Waals surface area contributed by atoms with Crippen molar-refractivity contribution in [2.24, 2.45) is 0 Å². The van der Waals surface area contributed by atoms with Gasteiger partial charge in [-0.3, -0.25) is 14.4 Å². The second-order valence-electron chi connectivity index (χ2n) is 10.6. The van der Waals surface area contributed by atoms with Gasteiger partial charge in [-0.05, 0) is 84.8 Å². The second-order valence-corrected chi connectivity index (χ2v) is 13.2. The van der Waals surface area contributed by atoms with Crippen molar-refractivity contribution < 1.29 is 17.9 Å². The summed E-state index contributed by atoms with van der Waals surface area (Å²) in [4.78, 5) is 18.4. The van der Waals surface area contributed by atoms with Crippen LogP contribution >= 0.6 is 15.9 Å². The highest BCUT2D eigenvalue weighted by molar-refractivity contribution is 9.10. The van der Waals surface area contributed by atoms with Gasteiger partial charge in [0.2, 0.25) is 0 Å². The average molecular weight is 669 g/mol. The Morgan fingerprint density at radius 1 is 0.841 bits per heavy atom. The lowest BCUT2D eigenvalue weighted by atomic mass is 9.99. The molecule has 44 heavy (non-hydrogen) atoms. The van der Waals surface area contributed by atoms with E-state index in [0.29, 0.717) is 29.4 Å². The van der Waals surface area contributed by atoms with Crippen molar-refractivity contribution in [1.82, 2.24) is 0 Å². The maximum atomic E-state index is 14.6. The number of aryl methyl sites for hydroxylation is 1. The molecule has 222 valence electrons. The van der Waals surface area contributed by atoms with Crippen LogP contribution in [0, 0.1) is 6.92 Å². The van der Waals surface area contributed by atoms with Crippen LogP contribution in [0.2, 0.25) is 0 Å². The van der Waals surface area contributed by atoms with Crippen LogP contribution in [0.3, 0.4) is 0 Å². The molecule has 1 aliphatic rings. The Labute approximate surface area is 265 Å². The molecule has 1 atom stereocenters. The molecule has 0 fully saturated rings. The first-order valence-corrected chi connectivity index (χ1v) is 16.3. The van der Waals surface area contributed by atoms with Crippen molar-refractivity contribution in [3.8, 4) is 5.75 Å². The van der Waals surface area contributed by atoms with E-state index in [9.17, 15) is 13.2 Å². The molecule has 0 saturated carbocycles. The number of nitrogens with zero attached hydrogens (tertiary/aromatic N) is 2. The highest BCUT2D eigenvalue weighted by Gasteiger charge is 2.40. The van der Waals surface area contributed by atoms with Crippen LogP contribution in [0.1, 0.15) is 33.2 Å². The molecule has 0 aromatic heterocycles. The topological polar surface area (TPSA) is 78.9 Å². The lowest BCUT2D eigenvalue weighted by Crippen LogP contribution is -2.49. The first-order valence-electron chi connectivity index (χ1n) is 14.0. The van der Waals surface area contributed by atoms with Crippen molar-refractivity contribution in [2.45, 2.75) is 24.5 Å². The number of ether oxygens (including phenoxy) is 1. The molecule has 0 spiro atoms. The fourth-order valence-electron chi connectivity index (χ4n) is 5.40. The number of amides is 1. The van der Waals surface area contributed by atoms with Gasteiger partial charge in [0.1, 0.15) is 11.9 Å². The van der Waals surface area contributed by atoms with Gasteiger partial charge in [0.15, 0.2) is 0 Å². The Hall–Kier alpha value is -4.60. The minimum absolute atomic E-state index is 0.000391. The van der Waals surface area contributed by atoms with E-state index in [0.717, 1.165) is 21.2 Å². The number of carbonyl (C=O) groups is 1. The van der Waals surface area contributed by atoms with Crippen LogP contribution in [0.5, 0.6) is 5.75 Å². The minimum atomic E-state index is -3.98. The molecule has 0 unspecified atom stereocenters. The summed E-state index contributed by atoms with van der Waals surface area (Å²) in [6, 6.07) is 37.0. The Kier molecular flexibility index (Phi) is 8.16. The number of hydrogen-bond acceptors (Lipinski definition) is 5. The number of halogens is 1. The standard InChI is InChI=1S/C35H30BrN3O4S/c1-24-11-13-28(14-12-24)37-44(41,42)31-19-20-33-32(22-31)35(40)39(29-15-17-30(43-2)18-16-29)34(26-9-6-10-27(36)21-26)38(33)23-25-7-4-3-5-8-25/h3-22,34,37H,23H2,1-2H3/t34-/m0/s1. The number of carbonyl (C=O) groups excluding carboxylic acids is 1. The smallest absolute Gasteiger partial charge is 0.262 e. The molecule has 9 heteroatoms. The first-order chi connectivity index (χ1) is 21.2. The third-order valence-electron chi connectivity index (χ3n) is 7.57. The van der Waals surface area contributed by atoms with E-state index in [1.54, 1.807) is 36.3 Å². The summed E-state index contributed by atoms with van der Waals surface area (Å²) in [7, 11) is -2.39. The number of methoxy groups -OCH3 is 1. The average Bonchev–Trinajstić information content (AvgIpc) is 3.03. The summed E-state index contributed by atoms with van der Waals surface area (Å²) in [6.45, 7) is 2.41. The SMILES string of the molecule is COc1ccc(N2C(=O)c3cc(S(=O)(=O)Nc4ccc(C)cc4)ccc3N(Cc3ccccc3)[C@@H]2c2cccc(Br)c2)cc1. The molecular formula is C35H30BrN3O4S. The fourth-order valence-corrected chi connectivity index (χ4v) is 6.90. The molecule has 1 heterocycles. The fraction of sp³-hybridized carbons (Fsp3) is 0.114. The number of hydrogen-bond donors (Lipinski definition) is 1. The molecule has 6 rings (SSSR count). The maximum absolute atomic E-state index is 14.6. The quantitative estimate of drug-likeness (QED) is 0.182. The Balaban J connectivity index is 1.52. The normalized spacial score (nSPS) is 14.7. The number of nitrogens with one attached hydrogen (secondary N) is 1. The third-order valence-corrected chi connectivity index (χ3v) is 9.45. The summed E-state index contributed by atoms with van der Waals surface area (Å²) in [5.74, 6) is 0.348. The van der Waals surface area contributed by atoms with Crippen LogP contribution < -0.4 is 19.3 Å². The van der Waals surface area contributed by atoms with Crippen LogP contribution in [0.25, 0.3) is 0 Å². The lowest BCUT2D eigenvalue weighted by molar-refractivity contribution is 0.0968. The van der Waals surface area contributed by atoms with Crippen molar-refractivity contribution >= 4 is 48.9 Å². The van der Waals surface area contributed by atoms with E-state index in [1.165, 1.54) is 6.07 Å². The van der Waals surface area contributed by atoms with Gasteiger partial charge in [-0.15, -0.1) is 0 Å². The molecule has 0 bridgehead atoms. The van der Waals surface area contributed by atoms with Gasteiger partial charge in [-0.25, -0.2) is 8.42 Å². The van der Waals surface area contributed by atoms with Gasteiger partial charge in [0.05, 0.1) is 23.3 Å². The highest BCUT2D eigenvalue weighted by Crippen LogP contribution is 2.44. The lowest BCUT2D eigenvalue weighted by Gasteiger charge is -2.46. The van der Waals surface area contributed by atoms with Gasteiger partial charge in [0, 0.05) is 22.4 Å².